The number of carboxylic acid groups (broad SMARTS) is 1. The van der Waals surface area contributed by atoms with Crippen LogP contribution in [0, 0.1) is 0 Å². The van der Waals surface area contributed by atoms with E-state index in [9.17, 15) is 14.4 Å². The van der Waals surface area contributed by atoms with Crippen LogP contribution in [-0.2, 0) is 14.3 Å². The van der Waals surface area contributed by atoms with E-state index in [1.54, 1.807) is 44.2 Å². The molecule has 1 aliphatic rings. The Morgan fingerprint density at radius 2 is 1.81 bits per heavy atom. The van der Waals surface area contributed by atoms with Gasteiger partial charge in [0, 0.05) is 5.02 Å². The van der Waals surface area contributed by atoms with Gasteiger partial charge in [-0.3, -0.25) is 9.36 Å². The number of fused-ring (bicyclic) bond motifs is 1. The van der Waals surface area contributed by atoms with Crippen LogP contribution in [0.5, 0.6) is 5.75 Å². The third-order valence-corrected chi connectivity index (χ3v) is 7.16. The maximum Gasteiger partial charge on any atom is 0.341 e. The molecule has 1 atom stereocenters. The minimum absolute atomic E-state index is 0.0294. The maximum atomic E-state index is 13.6. The molecule has 2 heterocycles. The molecule has 0 saturated heterocycles. The molecular weight excluding hydrogens is 563 g/mol. The summed E-state index contributed by atoms with van der Waals surface area (Å²) in [5.41, 5.74) is 1.48. The Hall–Kier alpha value is -3.11. The first-order chi connectivity index (χ1) is 17.6. The highest BCUT2D eigenvalue weighted by atomic mass is 35.5. The van der Waals surface area contributed by atoms with Crippen molar-refractivity contribution >= 4 is 64.2 Å². The molecule has 0 saturated carbocycles. The van der Waals surface area contributed by atoms with Crippen molar-refractivity contribution < 1.29 is 24.2 Å². The highest BCUT2D eigenvalue weighted by Gasteiger charge is 2.33. The minimum Gasteiger partial charge on any atom is -0.479 e. The Labute approximate surface area is 229 Å². The zero-order valence-electron chi connectivity index (χ0n) is 19.5. The predicted octanol–water partition coefficient (Wildman–Crippen LogP) is 4.22. The fourth-order valence-electron chi connectivity index (χ4n) is 3.84. The van der Waals surface area contributed by atoms with Crippen LogP contribution in [0.3, 0.4) is 0 Å². The van der Waals surface area contributed by atoms with Crippen LogP contribution in [0.25, 0.3) is 6.08 Å². The normalized spacial score (nSPS) is 15.3. The number of aromatic nitrogens is 1. The summed E-state index contributed by atoms with van der Waals surface area (Å²) in [6.07, 6.45) is 1.59. The monoisotopic (exact) mass is 580 g/mol. The molecule has 0 aliphatic carbocycles. The second-order valence-electron chi connectivity index (χ2n) is 7.85. The average Bonchev–Trinajstić information content (AvgIpc) is 3.12. The van der Waals surface area contributed by atoms with E-state index in [2.05, 4.69) is 4.99 Å². The van der Waals surface area contributed by atoms with E-state index in [4.69, 9.17) is 49.4 Å². The topological polar surface area (TPSA) is 107 Å². The van der Waals surface area contributed by atoms with Crippen LogP contribution in [0.1, 0.15) is 31.0 Å². The van der Waals surface area contributed by atoms with E-state index in [1.165, 1.54) is 16.7 Å². The van der Waals surface area contributed by atoms with Gasteiger partial charge in [0.05, 0.1) is 38.5 Å². The van der Waals surface area contributed by atoms with Crippen molar-refractivity contribution in [3.63, 3.8) is 0 Å². The Bertz CT molecular complexity index is 1590. The fourth-order valence-corrected chi connectivity index (χ4v) is 5.62. The molecule has 0 amide bonds. The summed E-state index contributed by atoms with van der Waals surface area (Å²) < 4.78 is 12.2. The van der Waals surface area contributed by atoms with E-state index >= 15 is 0 Å². The van der Waals surface area contributed by atoms with Crippen molar-refractivity contribution in [2.45, 2.75) is 19.9 Å². The lowest BCUT2D eigenvalue weighted by atomic mass is 9.96. The predicted molar refractivity (Wildman–Crippen MR) is 141 cm³/mol. The molecule has 0 fully saturated rings. The van der Waals surface area contributed by atoms with E-state index in [0.29, 0.717) is 31.2 Å². The zero-order valence-corrected chi connectivity index (χ0v) is 22.5. The molecule has 37 heavy (non-hydrogen) atoms. The van der Waals surface area contributed by atoms with E-state index in [1.807, 2.05) is 0 Å². The van der Waals surface area contributed by atoms with Gasteiger partial charge in [-0.2, -0.15) is 0 Å². The van der Waals surface area contributed by atoms with Crippen molar-refractivity contribution in [3.8, 4) is 5.75 Å². The highest BCUT2D eigenvalue weighted by molar-refractivity contribution is 7.07. The van der Waals surface area contributed by atoms with Crippen molar-refractivity contribution in [3.05, 3.63) is 93.6 Å². The number of benzene rings is 2. The van der Waals surface area contributed by atoms with Gasteiger partial charge in [-0.05, 0) is 55.3 Å². The standard InChI is InChI=1S/C25H19Cl3N2O6S/c1-3-35-24(34)20-12(2)29-25-30(21(20)14-4-6-15(26)7-5-14)23(33)18(37-25)10-13-8-16(27)22(17(28)9-13)36-11-19(31)32/h4-10,21H,3,11H2,1-2H3,(H,31,32)/b18-10-/t21-/m1/s1. The molecule has 0 bridgehead atoms. The number of esters is 1. The van der Waals surface area contributed by atoms with Crippen molar-refractivity contribution in [2.75, 3.05) is 13.2 Å². The average molecular weight is 582 g/mol. The Kier molecular flexibility index (Phi) is 8.08. The third kappa shape index (κ3) is 5.60. The van der Waals surface area contributed by atoms with Crippen molar-refractivity contribution in [1.82, 2.24) is 4.57 Å². The van der Waals surface area contributed by atoms with Crippen LogP contribution in [0.15, 0.2) is 57.5 Å². The van der Waals surface area contributed by atoms with Gasteiger partial charge in [0.15, 0.2) is 17.2 Å². The molecule has 0 unspecified atom stereocenters. The van der Waals surface area contributed by atoms with Gasteiger partial charge in [0.25, 0.3) is 5.56 Å². The summed E-state index contributed by atoms with van der Waals surface area (Å²) in [4.78, 5) is 42.3. The number of thiazole rings is 1. The van der Waals surface area contributed by atoms with Crippen molar-refractivity contribution in [2.24, 2.45) is 4.99 Å². The Balaban J connectivity index is 1.86. The lowest BCUT2D eigenvalue weighted by Crippen LogP contribution is -2.39. The molecule has 1 aromatic heterocycles. The van der Waals surface area contributed by atoms with Gasteiger partial charge < -0.3 is 14.6 Å². The molecule has 3 aromatic rings. The summed E-state index contributed by atoms with van der Waals surface area (Å²) in [5, 5.41) is 9.53. The van der Waals surface area contributed by atoms with Crippen LogP contribution >= 0.6 is 46.1 Å². The number of carboxylic acids is 1. The lowest BCUT2D eigenvalue weighted by molar-refractivity contribution is -0.140. The van der Waals surface area contributed by atoms with E-state index < -0.39 is 24.6 Å². The van der Waals surface area contributed by atoms with E-state index in [0.717, 1.165) is 11.3 Å². The molecule has 0 radical (unpaired) electrons. The molecule has 12 heteroatoms. The summed E-state index contributed by atoms with van der Waals surface area (Å²) in [6, 6.07) is 9.11. The number of hydrogen-bond acceptors (Lipinski definition) is 7. The second kappa shape index (κ2) is 11.1. The zero-order chi connectivity index (χ0) is 26.9. The van der Waals surface area contributed by atoms with E-state index in [-0.39, 0.29) is 33.5 Å². The van der Waals surface area contributed by atoms with Crippen molar-refractivity contribution in [1.29, 1.82) is 0 Å². The molecule has 1 aliphatic heterocycles. The summed E-state index contributed by atoms with van der Waals surface area (Å²) in [6.45, 7) is 2.96. The summed E-state index contributed by atoms with van der Waals surface area (Å²) >= 11 is 19.7. The molecule has 192 valence electrons. The first-order valence-corrected chi connectivity index (χ1v) is 12.8. The molecule has 8 nitrogen and oxygen atoms in total. The fraction of sp³-hybridized carbons (Fsp3) is 0.200. The Morgan fingerprint density at radius 3 is 2.41 bits per heavy atom. The number of aliphatic carboxylic acids is 1. The van der Waals surface area contributed by atoms with Gasteiger partial charge >= 0.3 is 11.9 Å². The smallest absolute Gasteiger partial charge is 0.341 e. The number of ether oxygens (including phenoxy) is 2. The number of hydrogen-bond donors (Lipinski definition) is 1. The molecule has 0 spiro atoms. The summed E-state index contributed by atoms with van der Waals surface area (Å²) in [7, 11) is 0. The lowest BCUT2D eigenvalue weighted by Gasteiger charge is -2.24. The van der Waals surface area contributed by atoms with Gasteiger partial charge in [-0.1, -0.05) is 58.3 Å². The van der Waals surface area contributed by atoms with Crippen LogP contribution in [0.4, 0.5) is 0 Å². The quantitative estimate of drug-likeness (QED) is 0.419. The molecule has 4 rings (SSSR count). The summed E-state index contributed by atoms with van der Waals surface area (Å²) in [5.74, 6) is -1.71. The second-order valence-corrected chi connectivity index (χ2v) is 10.1. The number of halogens is 3. The number of allylic oxidation sites excluding steroid dienone is 1. The number of carbonyl (C=O) groups excluding carboxylic acids is 1. The highest BCUT2D eigenvalue weighted by Crippen LogP contribution is 2.35. The van der Waals surface area contributed by atoms with Gasteiger partial charge in [-0.25, -0.2) is 14.6 Å². The molecular formula is C25H19Cl3N2O6S. The van der Waals surface area contributed by atoms with Gasteiger partial charge in [0.2, 0.25) is 0 Å². The molecule has 1 N–H and O–H groups in total. The minimum atomic E-state index is -1.18. The van der Waals surface area contributed by atoms with Gasteiger partial charge in [-0.15, -0.1) is 0 Å². The van der Waals surface area contributed by atoms with Gasteiger partial charge in [0.1, 0.15) is 0 Å². The maximum absolute atomic E-state index is 13.6. The Morgan fingerprint density at radius 1 is 1.16 bits per heavy atom. The number of carbonyl (C=O) groups is 2. The molecule has 2 aromatic carbocycles. The number of rotatable bonds is 7. The third-order valence-electron chi connectivity index (χ3n) is 5.36. The van der Waals surface area contributed by atoms with Crippen LogP contribution < -0.4 is 19.6 Å². The van der Waals surface area contributed by atoms with Crippen LogP contribution in [-0.4, -0.2) is 34.8 Å². The largest absolute Gasteiger partial charge is 0.479 e. The SMILES string of the molecule is CCOC(=O)C1=C(C)N=c2s/c(=C\c3cc(Cl)c(OCC(=O)O)c(Cl)c3)c(=O)n2[C@@H]1c1ccc(Cl)cc1. The number of nitrogens with zero attached hydrogens (tertiary/aromatic N) is 2. The first-order valence-electron chi connectivity index (χ1n) is 10.9. The van der Waals surface area contributed by atoms with Crippen LogP contribution in [0.2, 0.25) is 15.1 Å². The first kappa shape index (κ1) is 26.9.